The lowest BCUT2D eigenvalue weighted by Crippen LogP contribution is -2.33. The molecule has 23 heavy (non-hydrogen) atoms. The van der Waals surface area contributed by atoms with Crippen molar-refractivity contribution in [1.82, 2.24) is 15.1 Å². The van der Waals surface area contributed by atoms with E-state index in [1.807, 2.05) is 0 Å². The highest BCUT2D eigenvalue weighted by Crippen LogP contribution is 2.25. The first-order valence-corrected chi connectivity index (χ1v) is 8.48. The first kappa shape index (κ1) is 15.9. The van der Waals surface area contributed by atoms with Gasteiger partial charge in [0.25, 0.3) is 0 Å². The molecule has 2 aromatic rings. The molecule has 1 N–H and O–H groups in total. The van der Waals surface area contributed by atoms with Gasteiger partial charge in [-0.2, -0.15) is 0 Å². The molecule has 0 unspecified atom stereocenters. The third kappa shape index (κ3) is 3.67. The Balaban J connectivity index is 1.60. The van der Waals surface area contributed by atoms with Crippen LogP contribution in [-0.2, 0) is 11.3 Å². The predicted molar refractivity (Wildman–Crippen MR) is 87.8 cm³/mol. The van der Waals surface area contributed by atoms with E-state index in [0.717, 1.165) is 17.0 Å². The molecule has 1 aliphatic rings. The van der Waals surface area contributed by atoms with Crippen LogP contribution in [-0.4, -0.2) is 33.6 Å². The summed E-state index contributed by atoms with van der Waals surface area (Å²) >= 11 is 1.49. The van der Waals surface area contributed by atoms with Crippen molar-refractivity contribution in [3.63, 3.8) is 0 Å². The summed E-state index contributed by atoms with van der Waals surface area (Å²) in [7, 11) is 0. The molecule has 0 radical (unpaired) electrons. The van der Waals surface area contributed by atoms with Crippen LogP contribution in [0.2, 0.25) is 0 Å². The zero-order valence-corrected chi connectivity index (χ0v) is 13.9. The Labute approximate surface area is 138 Å². The monoisotopic (exact) mass is 334 g/mol. The number of carbonyl (C=O) groups excluding carboxylic acids is 1. The Morgan fingerprint density at radius 2 is 2.09 bits per heavy atom. The minimum atomic E-state index is -0.265. The summed E-state index contributed by atoms with van der Waals surface area (Å²) in [5, 5.41) is 13.1. The lowest BCUT2D eigenvalue weighted by atomic mass is 10.2. The third-order valence-corrected chi connectivity index (χ3v) is 4.97. The summed E-state index contributed by atoms with van der Waals surface area (Å²) in [6, 6.07) is 6.00. The number of benzene rings is 1. The van der Waals surface area contributed by atoms with Crippen LogP contribution in [0.15, 0.2) is 24.3 Å². The van der Waals surface area contributed by atoms with Crippen LogP contribution in [0.25, 0.3) is 0 Å². The molecule has 0 bridgehead atoms. The number of anilines is 1. The minimum absolute atomic E-state index is 0.0515. The number of nitrogens with one attached hydrogen (secondary N) is 1. The van der Waals surface area contributed by atoms with E-state index < -0.39 is 0 Å². The molecule has 1 amide bonds. The number of rotatable bonds is 5. The summed E-state index contributed by atoms with van der Waals surface area (Å²) in [6.07, 6.45) is 0.733. The molecule has 0 spiro atoms. The quantitative estimate of drug-likeness (QED) is 0.913. The van der Waals surface area contributed by atoms with Crippen LogP contribution in [0.4, 0.5) is 9.52 Å². The Morgan fingerprint density at radius 3 is 2.74 bits per heavy atom. The average molecular weight is 334 g/mol. The van der Waals surface area contributed by atoms with Crippen molar-refractivity contribution in [2.24, 2.45) is 0 Å². The van der Waals surface area contributed by atoms with Gasteiger partial charge in [-0.3, -0.25) is 4.79 Å². The van der Waals surface area contributed by atoms with E-state index in [1.165, 1.54) is 23.5 Å². The Hall–Kier alpha value is -2.02. The summed E-state index contributed by atoms with van der Waals surface area (Å²) in [4.78, 5) is 14.3. The van der Waals surface area contributed by atoms with Gasteiger partial charge in [-0.25, -0.2) is 4.39 Å². The standard InChI is InChI=1S/C16H19FN4OS/c1-10(2)14-19-20-16(23-14)18-13-7-8-21(15(13)22)9-11-3-5-12(17)6-4-11/h3-6,10,13H,7-9H2,1-2H3,(H,18,20)/t13-/m1/s1. The van der Waals surface area contributed by atoms with Gasteiger partial charge in [0.1, 0.15) is 16.9 Å². The molecule has 5 nitrogen and oxygen atoms in total. The zero-order valence-electron chi connectivity index (χ0n) is 13.1. The largest absolute Gasteiger partial charge is 0.348 e. The smallest absolute Gasteiger partial charge is 0.245 e. The van der Waals surface area contributed by atoms with E-state index in [1.54, 1.807) is 17.0 Å². The molecule has 0 saturated carbocycles. The minimum Gasteiger partial charge on any atom is -0.348 e. The number of hydrogen-bond acceptors (Lipinski definition) is 5. The van der Waals surface area contributed by atoms with E-state index in [2.05, 4.69) is 29.4 Å². The molecular formula is C16H19FN4OS. The molecule has 0 aliphatic carbocycles. The van der Waals surface area contributed by atoms with Crippen molar-refractivity contribution in [2.45, 2.75) is 38.8 Å². The second-order valence-electron chi connectivity index (χ2n) is 5.97. The molecule has 3 rings (SSSR count). The van der Waals surface area contributed by atoms with Gasteiger partial charge in [-0.1, -0.05) is 37.3 Å². The zero-order chi connectivity index (χ0) is 16.4. The van der Waals surface area contributed by atoms with E-state index in [9.17, 15) is 9.18 Å². The second kappa shape index (κ2) is 6.62. The van der Waals surface area contributed by atoms with Crippen LogP contribution >= 0.6 is 11.3 Å². The van der Waals surface area contributed by atoms with Gasteiger partial charge in [0, 0.05) is 19.0 Å². The maximum absolute atomic E-state index is 12.9. The van der Waals surface area contributed by atoms with Gasteiger partial charge >= 0.3 is 0 Å². The highest BCUT2D eigenvalue weighted by Gasteiger charge is 2.32. The van der Waals surface area contributed by atoms with Crippen LogP contribution in [0.3, 0.4) is 0 Å². The molecule has 1 saturated heterocycles. The first-order chi connectivity index (χ1) is 11.0. The summed E-state index contributed by atoms with van der Waals surface area (Å²) in [5.74, 6) is 0.117. The van der Waals surface area contributed by atoms with Crippen molar-refractivity contribution in [1.29, 1.82) is 0 Å². The maximum Gasteiger partial charge on any atom is 0.245 e. The number of hydrogen-bond donors (Lipinski definition) is 1. The van der Waals surface area contributed by atoms with Crippen LogP contribution in [0.5, 0.6) is 0 Å². The number of amides is 1. The van der Waals surface area contributed by atoms with Crippen molar-refractivity contribution in [2.75, 3.05) is 11.9 Å². The van der Waals surface area contributed by atoms with E-state index in [0.29, 0.717) is 24.1 Å². The highest BCUT2D eigenvalue weighted by molar-refractivity contribution is 7.15. The molecule has 122 valence electrons. The van der Waals surface area contributed by atoms with Crippen molar-refractivity contribution >= 4 is 22.4 Å². The number of likely N-dealkylation sites (tertiary alicyclic amines) is 1. The average Bonchev–Trinajstić information content (AvgIpc) is 3.12. The van der Waals surface area contributed by atoms with Crippen molar-refractivity contribution < 1.29 is 9.18 Å². The molecule has 7 heteroatoms. The van der Waals surface area contributed by atoms with Crippen LogP contribution < -0.4 is 5.32 Å². The van der Waals surface area contributed by atoms with E-state index >= 15 is 0 Å². The van der Waals surface area contributed by atoms with E-state index in [-0.39, 0.29) is 17.8 Å². The fourth-order valence-corrected chi connectivity index (χ4v) is 3.31. The van der Waals surface area contributed by atoms with Crippen molar-refractivity contribution in [3.05, 3.63) is 40.7 Å². The Morgan fingerprint density at radius 1 is 1.35 bits per heavy atom. The molecule has 1 aromatic carbocycles. The number of nitrogens with zero attached hydrogens (tertiary/aromatic N) is 3. The van der Waals surface area contributed by atoms with Crippen LogP contribution in [0, 0.1) is 5.82 Å². The number of aromatic nitrogens is 2. The normalized spacial score (nSPS) is 18.0. The molecular weight excluding hydrogens is 315 g/mol. The molecule has 1 atom stereocenters. The summed E-state index contributed by atoms with van der Waals surface area (Å²) in [6.45, 7) is 5.32. The van der Waals surface area contributed by atoms with Gasteiger partial charge in [0.15, 0.2) is 0 Å². The van der Waals surface area contributed by atoms with Gasteiger partial charge in [-0.15, -0.1) is 10.2 Å². The van der Waals surface area contributed by atoms with Gasteiger partial charge in [0.05, 0.1) is 0 Å². The lowest BCUT2D eigenvalue weighted by molar-refractivity contribution is -0.128. The highest BCUT2D eigenvalue weighted by atomic mass is 32.1. The molecule has 1 aromatic heterocycles. The maximum atomic E-state index is 12.9. The van der Waals surface area contributed by atoms with Crippen molar-refractivity contribution in [3.8, 4) is 0 Å². The molecule has 1 fully saturated rings. The first-order valence-electron chi connectivity index (χ1n) is 7.66. The van der Waals surface area contributed by atoms with E-state index in [4.69, 9.17) is 0 Å². The summed E-state index contributed by atoms with van der Waals surface area (Å²) < 4.78 is 12.9. The molecule has 1 aliphatic heterocycles. The SMILES string of the molecule is CC(C)c1nnc(N[C@@H]2CCN(Cc3ccc(F)cc3)C2=O)s1. The third-order valence-electron chi connectivity index (χ3n) is 3.82. The second-order valence-corrected chi connectivity index (χ2v) is 6.98. The van der Waals surface area contributed by atoms with Crippen LogP contribution in [0.1, 0.15) is 36.8 Å². The Bertz CT molecular complexity index is 686. The number of carbonyl (C=O) groups is 1. The fourth-order valence-electron chi connectivity index (χ4n) is 2.52. The van der Waals surface area contributed by atoms with Gasteiger partial charge in [0.2, 0.25) is 11.0 Å². The van der Waals surface area contributed by atoms with Gasteiger partial charge in [-0.05, 0) is 24.1 Å². The fraction of sp³-hybridized carbons (Fsp3) is 0.438. The predicted octanol–water partition coefficient (Wildman–Crippen LogP) is 3.01. The lowest BCUT2D eigenvalue weighted by Gasteiger charge is -2.17. The van der Waals surface area contributed by atoms with Gasteiger partial charge < -0.3 is 10.2 Å². The Kier molecular flexibility index (Phi) is 4.56. The molecule has 2 heterocycles. The topological polar surface area (TPSA) is 58.1 Å². The number of halogens is 1. The summed E-state index contributed by atoms with van der Waals surface area (Å²) in [5.41, 5.74) is 0.929.